The van der Waals surface area contributed by atoms with Crippen LogP contribution in [0.2, 0.25) is 0 Å². The number of hydrogen-bond donors (Lipinski definition) is 6. The third kappa shape index (κ3) is 47.6. The molecule has 0 spiro atoms. The first-order valence-electron chi connectivity index (χ1n) is 10.5. The van der Waals surface area contributed by atoms with Gasteiger partial charge in [-0.25, -0.2) is 0 Å². The molecular weight excluding hydrogens is 458 g/mol. The monoisotopic (exact) mass is 501 g/mol. The highest BCUT2D eigenvalue weighted by Gasteiger charge is 2.15. The van der Waals surface area contributed by atoms with Crippen molar-refractivity contribution in [2.75, 3.05) is 33.0 Å². The van der Waals surface area contributed by atoms with Gasteiger partial charge in [0.05, 0.1) is 25.4 Å². The van der Waals surface area contributed by atoms with Crippen LogP contribution in [-0.4, -0.2) is 107 Å². The Hall–Kier alpha value is -2.16. The second kappa shape index (κ2) is 27.1. The molecule has 0 aliphatic carbocycles. The Morgan fingerprint density at radius 2 is 1.15 bits per heavy atom. The molecule has 0 amide bonds. The summed E-state index contributed by atoms with van der Waals surface area (Å²) >= 11 is 0. The number of carbonyl (C=O) groups excluding carboxylic acids is 4. The Bertz CT molecular complexity index is 504. The number of carbonyl (C=O) groups is 4. The Labute approximate surface area is 200 Å². The van der Waals surface area contributed by atoms with Gasteiger partial charge in [0, 0.05) is 33.7 Å². The van der Waals surface area contributed by atoms with Gasteiger partial charge in [-0.05, 0) is 27.2 Å². The van der Waals surface area contributed by atoms with Crippen LogP contribution in [0.5, 0.6) is 0 Å². The average Bonchev–Trinajstić information content (AvgIpc) is 2.74. The predicted octanol–water partition coefficient (Wildman–Crippen LogP) is -1.56. The number of aliphatic hydroxyl groups excluding tert-OH is 5. The van der Waals surface area contributed by atoms with Crippen LogP contribution in [0.3, 0.4) is 0 Å². The second-order valence-electron chi connectivity index (χ2n) is 7.03. The van der Waals surface area contributed by atoms with E-state index < -0.39 is 30.1 Å². The fourth-order valence-corrected chi connectivity index (χ4v) is 1.24. The van der Waals surface area contributed by atoms with Crippen molar-refractivity contribution in [1.82, 2.24) is 0 Å². The molecule has 0 aromatic heterocycles. The van der Waals surface area contributed by atoms with E-state index in [1.54, 1.807) is 13.8 Å². The Morgan fingerprint density at radius 3 is 1.29 bits per heavy atom. The van der Waals surface area contributed by atoms with Crippen LogP contribution in [0.4, 0.5) is 0 Å². The standard InChI is InChI=1S/C9H14O6.C6H12O2.C3H9NO.C3H8O3/c1-6(10)13-4-9(15-8(3)12)5-14-7(2)11;1-5(7)3-4-6(2)8;1-3(5)2-4;4-1-3(6)2-5/h9H,4-5H2,1-3H3;5,7H,3-4H2,1-2H3;3,5H,2,4H2,1H3;3-6H,1-2H2. The molecule has 0 radical (unpaired) electrons. The molecule has 204 valence electrons. The number of Topliss-reactive ketones (excluding diaryl/α,β-unsaturated/α-hetero) is 1. The van der Waals surface area contributed by atoms with Crippen molar-refractivity contribution in [3.05, 3.63) is 0 Å². The fraction of sp³-hybridized carbons (Fsp3) is 0.810. The third-order valence-corrected chi connectivity index (χ3v) is 2.95. The van der Waals surface area contributed by atoms with Gasteiger partial charge in [0.2, 0.25) is 0 Å². The minimum atomic E-state index is -0.954. The average molecular weight is 502 g/mol. The lowest BCUT2D eigenvalue weighted by atomic mass is 10.2. The molecule has 0 aliphatic rings. The van der Waals surface area contributed by atoms with Crippen molar-refractivity contribution >= 4 is 23.7 Å². The summed E-state index contributed by atoms with van der Waals surface area (Å²) < 4.78 is 14.0. The molecule has 13 heteroatoms. The molecule has 0 saturated carbocycles. The molecule has 34 heavy (non-hydrogen) atoms. The summed E-state index contributed by atoms with van der Waals surface area (Å²) in [5.41, 5.74) is 4.92. The summed E-state index contributed by atoms with van der Waals surface area (Å²) in [6, 6.07) is 0. The number of hydrogen-bond acceptors (Lipinski definition) is 13. The lowest BCUT2D eigenvalue weighted by molar-refractivity contribution is -0.163. The van der Waals surface area contributed by atoms with E-state index in [1.165, 1.54) is 27.7 Å². The quantitative estimate of drug-likeness (QED) is 0.139. The number of ketones is 1. The molecule has 13 nitrogen and oxygen atoms in total. The van der Waals surface area contributed by atoms with Crippen LogP contribution in [0.15, 0.2) is 0 Å². The summed E-state index contributed by atoms with van der Waals surface area (Å²) in [6.07, 6.45) is -1.29. The molecular formula is C21H43NO12. The van der Waals surface area contributed by atoms with Crippen LogP contribution >= 0.6 is 0 Å². The first kappa shape index (κ1) is 39.1. The van der Waals surface area contributed by atoms with Crippen molar-refractivity contribution < 1.29 is 58.9 Å². The van der Waals surface area contributed by atoms with Crippen LogP contribution in [0.1, 0.15) is 54.4 Å². The largest absolute Gasteiger partial charge is 0.462 e. The summed E-state index contributed by atoms with van der Waals surface area (Å²) in [7, 11) is 0. The first-order valence-corrected chi connectivity index (χ1v) is 10.5. The van der Waals surface area contributed by atoms with Gasteiger partial charge >= 0.3 is 17.9 Å². The third-order valence-electron chi connectivity index (χ3n) is 2.95. The molecule has 0 heterocycles. The molecule has 0 rings (SSSR count). The van der Waals surface area contributed by atoms with Crippen LogP contribution in [-0.2, 0) is 33.4 Å². The smallest absolute Gasteiger partial charge is 0.303 e. The number of ether oxygens (including phenoxy) is 3. The van der Waals surface area contributed by atoms with E-state index >= 15 is 0 Å². The molecule has 2 atom stereocenters. The van der Waals surface area contributed by atoms with Crippen molar-refractivity contribution in [1.29, 1.82) is 0 Å². The van der Waals surface area contributed by atoms with Crippen LogP contribution in [0, 0.1) is 0 Å². The van der Waals surface area contributed by atoms with Crippen LogP contribution in [0.25, 0.3) is 0 Å². The summed E-state index contributed by atoms with van der Waals surface area (Å²) in [5.74, 6) is -1.37. The minimum Gasteiger partial charge on any atom is -0.462 e. The van der Waals surface area contributed by atoms with E-state index in [-0.39, 0.29) is 44.4 Å². The van der Waals surface area contributed by atoms with Gasteiger partial charge in [0.1, 0.15) is 25.1 Å². The van der Waals surface area contributed by atoms with Gasteiger partial charge in [-0.3, -0.25) is 14.4 Å². The van der Waals surface area contributed by atoms with E-state index in [4.69, 9.17) is 36.0 Å². The Kier molecular flexibility index (Phi) is 31.1. The highest BCUT2D eigenvalue weighted by Crippen LogP contribution is 1.97. The van der Waals surface area contributed by atoms with E-state index in [2.05, 4.69) is 9.47 Å². The number of nitrogens with two attached hydrogens (primary N) is 1. The van der Waals surface area contributed by atoms with Gasteiger partial charge in [-0.2, -0.15) is 0 Å². The second-order valence-corrected chi connectivity index (χ2v) is 7.03. The molecule has 0 aromatic carbocycles. The van der Waals surface area contributed by atoms with E-state index in [9.17, 15) is 19.2 Å². The summed E-state index contributed by atoms with van der Waals surface area (Å²) in [6.45, 7) is 7.94. The Balaban J connectivity index is -0.000000198. The maximum atomic E-state index is 10.6. The molecule has 0 aromatic rings. The van der Waals surface area contributed by atoms with Gasteiger partial charge < -0.3 is 50.3 Å². The normalized spacial score (nSPS) is 11.4. The topological polar surface area (TPSA) is 223 Å². The number of rotatable bonds is 11. The van der Waals surface area contributed by atoms with Crippen LogP contribution < -0.4 is 5.73 Å². The lowest BCUT2D eigenvalue weighted by Crippen LogP contribution is -2.29. The summed E-state index contributed by atoms with van der Waals surface area (Å²) in [5, 5.41) is 40.9. The minimum absolute atomic E-state index is 0.123. The van der Waals surface area contributed by atoms with E-state index in [0.717, 1.165) is 0 Å². The highest BCUT2D eigenvalue weighted by atomic mass is 16.6. The number of aliphatic hydroxyl groups is 5. The van der Waals surface area contributed by atoms with E-state index in [1.807, 2.05) is 0 Å². The van der Waals surface area contributed by atoms with Gasteiger partial charge in [-0.1, -0.05) is 0 Å². The lowest BCUT2D eigenvalue weighted by Gasteiger charge is -2.15. The van der Waals surface area contributed by atoms with E-state index in [0.29, 0.717) is 19.4 Å². The molecule has 0 saturated heterocycles. The van der Waals surface area contributed by atoms with Gasteiger partial charge in [0.15, 0.2) is 6.10 Å². The summed E-state index contributed by atoms with van der Waals surface area (Å²) in [4.78, 5) is 41.9. The molecule has 0 aliphatic heterocycles. The maximum absolute atomic E-state index is 10.6. The van der Waals surface area contributed by atoms with Crippen molar-refractivity contribution in [3.8, 4) is 0 Å². The zero-order valence-corrected chi connectivity index (χ0v) is 20.9. The predicted molar refractivity (Wildman–Crippen MR) is 121 cm³/mol. The zero-order chi connectivity index (χ0) is 27.7. The Morgan fingerprint density at radius 1 is 0.765 bits per heavy atom. The fourth-order valence-electron chi connectivity index (χ4n) is 1.24. The van der Waals surface area contributed by atoms with Gasteiger partial charge in [-0.15, -0.1) is 0 Å². The van der Waals surface area contributed by atoms with Gasteiger partial charge in [0.25, 0.3) is 0 Å². The number of esters is 3. The van der Waals surface area contributed by atoms with Crippen molar-refractivity contribution in [3.63, 3.8) is 0 Å². The molecule has 0 bridgehead atoms. The first-order chi connectivity index (χ1) is 15.6. The highest BCUT2D eigenvalue weighted by molar-refractivity contribution is 5.75. The SMILES string of the molecule is CC(=O)CCC(C)O.CC(=O)OCC(COC(C)=O)OC(C)=O.CC(O)CN.OCC(O)CO. The van der Waals surface area contributed by atoms with Crippen molar-refractivity contribution in [2.45, 2.75) is 78.8 Å². The maximum Gasteiger partial charge on any atom is 0.303 e. The molecule has 0 fully saturated rings. The van der Waals surface area contributed by atoms with Crippen molar-refractivity contribution in [2.24, 2.45) is 5.73 Å². The molecule has 7 N–H and O–H groups in total. The zero-order valence-electron chi connectivity index (χ0n) is 20.9. The molecule has 2 unspecified atom stereocenters.